The highest BCUT2D eigenvalue weighted by Crippen LogP contribution is 2.66. The van der Waals surface area contributed by atoms with Gasteiger partial charge < -0.3 is 19.4 Å². The summed E-state index contributed by atoms with van der Waals surface area (Å²) >= 11 is 0. The SMILES string of the molecule is C#C[C@]1(OC(C)=O)CC[C@@H]2[C@@H]3CCc4cc(OC(C)=O)ccc4[C@@]3(O)[C@@H](O[N+](=O)[O-])C[C@]21C. The normalized spacial score (nSPS) is 36.4. The fraction of sp³-hybridized carbons (Fsp3) is 0.583. The van der Waals surface area contributed by atoms with Gasteiger partial charge in [-0.05, 0) is 67.2 Å². The lowest BCUT2D eigenvalue weighted by Crippen LogP contribution is -2.64. The second-order valence-corrected chi connectivity index (χ2v) is 9.53. The minimum atomic E-state index is -1.65. The van der Waals surface area contributed by atoms with E-state index in [9.17, 15) is 24.8 Å². The van der Waals surface area contributed by atoms with E-state index in [0.29, 0.717) is 37.0 Å². The monoisotopic (exact) mass is 457 g/mol. The van der Waals surface area contributed by atoms with Gasteiger partial charge in [0, 0.05) is 19.3 Å². The maximum absolute atomic E-state index is 12.1. The van der Waals surface area contributed by atoms with E-state index in [4.69, 9.17) is 20.7 Å². The van der Waals surface area contributed by atoms with Crippen LogP contribution in [0.2, 0.25) is 0 Å². The number of ether oxygens (including phenoxy) is 2. The predicted molar refractivity (Wildman–Crippen MR) is 114 cm³/mol. The fourth-order valence-electron chi connectivity index (χ4n) is 6.71. The van der Waals surface area contributed by atoms with E-state index in [1.54, 1.807) is 18.2 Å². The molecule has 0 radical (unpaired) electrons. The number of rotatable bonds is 4. The predicted octanol–water partition coefficient (Wildman–Crippen LogP) is 2.69. The van der Waals surface area contributed by atoms with Crippen molar-refractivity contribution in [2.75, 3.05) is 0 Å². The largest absolute Gasteiger partial charge is 0.445 e. The van der Waals surface area contributed by atoms with E-state index in [2.05, 4.69) is 5.92 Å². The Labute approximate surface area is 191 Å². The lowest BCUT2D eigenvalue weighted by Gasteiger charge is -2.58. The molecule has 2 saturated carbocycles. The number of fused-ring (bicyclic) bond motifs is 5. The van der Waals surface area contributed by atoms with Crippen LogP contribution in [0.5, 0.6) is 5.75 Å². The number of hydrogen-bond donors (Lipinski definition) is 1. The van der Waals surface area contributed by atoms with Crippen LogP contribution in [0, 0.1) is 39.7 Å². The lowest BCUT2D eigenvalue weighted by molar-refractivity contribution is -0.775. The number of esters is 2. The van der Waals surface area contributed by atoms with Gasteiger partial charge in [-0.25, -0.2) is 0 Å². The summed E-state index contributed by atoms with van der Waals surface area (Å²) in [5.41, 5.74) is -2.44. The van der Waals surface area contributed by atoms with E-state index >= 15 is 0 Å². The molecule has 1 aromatic carbocycles. The molecule has 9 heteroatoms. The fourth-order valence-corrected chi connectivity index (χ4v) is 6.71. The summed E-state index contributed by atoms with van der Waals surface area (Å²) < 4.78 is 10.9. The number of aliphatic hydroxyl groups is 1. The third-order valence-corrected chi connectivity index (χ3v) is 7.96. The van der Waals surface area contributed by atoms with E-state index in [0.717, 1.165) is 5.56 Å². The molecule has 6 atom stereocenters. The Balaban J connectivity index is 1.83. The van der Waals surface area contributed by atoms with Crippen molar-refractivity contribution in [2.45, 2.75) is 70.2 Å². The molecule has 4 rings (SSSR count). The van der Waals surface area contributed by atoms with Gasteiger partial charge in [0.2, 0.25) is 0 Å². The standard InChI is InChI=1S/C24H27NO8/c1-5-23(32-15(3)27)11-10-19-20-8-6-16-12-17(31-14(2)26)7-9-18(16)24(20,28)21(33-25(29)30)13-22(19,23)4/h1,7,9,12,19-21,28H,6,8,10-11,13H2,2-4H3/t19-,20+,21+,22-,23+,24+/m1/s1. The van der Waals surface area contributed by atoms with Gasteiger partial charge in [-0.2, -0.15) is 0 Å². The Morgan fingerprint density at radius 2 is 1.97 bits per heavy atom. The van der Waals surface area contributed by atoms with Crippen LogP contribution in [-0.2, 0) is 31.2 Å². The highest BCUT2D eigenvalue weighted by atomic mass is 17.0. The maximum Gasteiger partial charge on any atom is 0.308 e. The minimum Gasteiger partial charge on any atom is -0.445 e. The molecule has 0 heterocycles. The van der Waals surface area contributed by atoms with Gasteiger partial charge in [-0.1, -0.05) is 18.9 Å². The summed E-state index contributed by atoms with van der Waals surface area (Å²) in [6.45, 7) is 4.47. The lowest BCUT2D eigenvalue weighted by atomic mass is 9.50. The number of nitrogens with zero attached hydrogens (tertiary/aromatic N) is 1. The Morgan fingerprint density at radius 3 is 2.58 bits per heavy atom. The first-order chi connectivity index (χ1) is 15.5. The van der Waals surface area contributed by atoms with Crippen LogP contribution < -0.4 is 4.74 Å². The number of terminal acetylenes is 1. The molecule has 3 aliphatic carbocycles. The molecular weight excluding hydrogens is 430 g/mol. The highest BCUT2D eigenvalue weighted by molar-refractivity contribution is 5.69. The van der Waals surface area contributed by atoms with Crippen molar-refractivity contribution < 1.29 is 34.1 Å². The number of carbonyl (C=O) groups is 2. The summed E-state index contributed by atoms with van der Waals surface area (Å²) in [7, 11) is 0. The molecule has 0 aliphatic heterocycles. The van der Waals surface area contributed by atoms with Gasteiger partial charge in [0.15, 0.2) is 5.60 Å². The summed E-state index contributed by atoms with van der Waals surface area (Å²) in [5, 5.41) is 22.7. The summed E-state index contributed by atoms with van der Waals surface area (Å²) in [5.74, 6) is 1.49. The van der Waals surface area contributed by atoms with E-state index in [1.165, 1.54) is 13.8 Å². The van der Waals surface area contributed by atoms with Crippen LogP contribution in [0.25, 0.3) is 0 Å². The van der Waals surface area contributed by atoms with Crippen molar-refractivity contribution in [1.29, 1.82) is 0 Å². The van der Waals surface area contributed by atoms with Crippen molar-refractivity contribution in [3.63, 3.8) is 0 Å². The van der Waals surface area contributed by atoms with Crippen molar-refractivity contribution in [3.8, 4) is 18.1 Å². The van der Waals surface area contributed by atoms with Gasteiger partial charge in [0.05, 0.1) is 0 Å². The van der Waals surface area contributed by atoms with Crippen LogP contribution in [0.4, 0.5) is 0 Å². The first-order valence-corrected chi connectivity index (χ1v) is 11.0. The molecule has 1 N–H and O–H groups in total. The smallest absolute Gasteiger partial charge is 0.308 e. The molecule has 3 aliphatic rings. The zero-order chi connectivity index (χ0) is 24.2. The Morgan fingerprint density at radius 1 is 1.24 bits per heavy atom. The average molecular weight is 457 g/mol. The summed E-state index contributed by atoms with van der Waals surface area (Å²) in [6.07, 6.45) is 6.80. The van der Waals surface area contributed by atoms with Crippen molar-refractivity contribution in [3.05, 3.63) is 39.4 Å². The Bertz CT molecular complexity index is 1060. The van der Waals surface area contributed by atoms with Gasteiger partial charge in [0.25, 0.3) is 5.09 Å². The second-order valence-electron chi connectivity index (χ2n) is 9.53. The maximum atomic E-state index is 12.1. The second kappa shape index (κ2) is 7.73. The van der Waals surface area contributed by atoms with E-state index in [-0.39, 0.29) is 12.3 Å². The molecular formula is C24H27NO8. The van der Waals surface area contributed by atoms with Crippen LogP contribution >= 0.6 is 0 Å². The molecule has 9 nitrogen and oxygen atoms in total. The number of aryl methyl sites for hydroxylation is 1. The van der Waals surface area contributed by atoms with Crippen molar-refractivity contribution in [1.82, 2.24) is 0 Å². The number of hydrogen-bond acceptors (Lipinski definition) is 8. The zero-order valence-electron chi connectivity index (χ0n) is 18.8. The molecule has 0 amide bonds. The Hall–Kier alpha value is -3.12. The molecule has 1 aromatic rings. The molecule has 33 heavy (non-hydrogen) atoms. The average Bonchev–Trinajstić information content (AvgIpc) is 2.99. The topological polar surface area (TPSA) is 125 Å². The summed E-state index contributed by atoms with van der Waals surface area (Å²) in [6, 6.07) is 4.90. The van der Waals surface area contributed by atoms with Gasteiger partial charge in [-0.15, -0.1) is 16.5 Å². The van der Waals surface area contributed by atoms with Gasteiger partial charge >= 0.3 is 11.9 Å². The molecule has 0 saturated heterocycles. The Kier molecular flexibility index (Phi) is 5.40. The molecule has 2 fully saturated rings. The summed E-state index contributed by atoms with van der Waals surface area (Å²) in [4.78, 5) is 39.8. The van der Waals surface area contributed by atoms with E-state index in [1.807, 2.05) is 6.92 Å². The van der Waals surface area contributed by atoms with Gasteiger partial charge in [0.1, 0.15) is 17.5 Å². The van der Waals surface area contributed by atoms with Crippen LogP contribution in [0.1, 0.15) is 57.6 Å². The highest BCUT2D eigenvalue weighted by Gasteiger charge is 2.70. The molecule has 176 valence electrons. The van der Waals surface area contributed by atoms with Crippen LogP contribution in [0.3, 0.4) is 0 Å². The number of carbonyl (C=O) groups excluding carboxylic acids is 2. The number of benzene rings is 1. The van der Waals surface area contributed by atoms with Gasteiger partial charge in [-0.3, -0.25) is 9.59 Å². The van der Waals surface area contributed by atoms with Crippen molar-refractivity contribution >= 4 is 11.9 Å². The van der Waals surface area contributed by atoms with Crippen LogP contribution in [-0.4, -0.2) is 33.8 Å². The first-order valence-electron chi connectivity index (χ1n) is 11.0. The third kappa shape index (κ3) is 3.35. The van der Waals surface area contributed by atoms with Crippen molar-refractivity contribution in [2.24, 2.45) is 17.3 Å². The van der Waals surface area contributed by atoms with Crippen LogP contribution in [0.15, 0.2) is 18.2 Å². The molecule has 0 unspecified atom stereocenters. The third-order valence-electron chi connectivity index (χ3n) is 7.96. The quantitative estimate of drug-likeness (QED) is 0.241. The molecule has 0 aromatic heterocycles. The first kappa shape index (κ1) is 23.1. The van der Waals surface area contributed by atoms with E-state index < -0.39 is 45.7 Å². The molecule has 0 spiro atoms. The minimum absolute atomic E-state index is 0.0360. The molecule has 0 bridgehead atoms. The zero-order valence-corrected chi connectivity index (χ0v) is 18.8.